The second kappa shape index (κ2) is 17.5. The van der Waals surface area contributed by atoms with Gasteiger partial charge in [0, 0.05) is 6.42 Å². The molecule has 0 heterocycles. The molecule has 0 radical (unpaired) electrons. The van der Waals surface area contributed by atoms with Crippen molar-refractivity contribution in [2.75, 3.05) is 27.7 Å². The van der Waals surface area contributed by atoms with E-state index >= 15 is 0 Å². The summed E-state index contributed by atoms with van der Waals surface area (Å²) in [4.78, 5) is 23.0. The maximum absolute atomic E-state index is 12.0. The van der Waals surface area contributed by atoms with Crippen LogP contribution >= 0.6 is 0 Å². The molecule has 0 fully saturated rings. The molecule has 0 saturated heterocycles. The Hall–Kier alpha value is -1.36. The smallest absolute Gasteiger partial charge is 0.307 e. The molecule has 0 aromatic heterocycles. The number of aliphatic carboxylic acids is 1. The number of allylic oxidation sites excluding steroid dienone is 2. The van der Waals surface area contributed by atoms with Crippen LogP contribution in [-0.2, 0) is 14.3 Å². The van der Waals surface area contributed by atoms with Crippen molar-refractivity contribution in [1.82, 2.24) is 0 Å². The van der Waals surface area contributed by atoms with Crippen molar-refractivity contribution in [2.24, 2.45) is 0 Å². The lowest BCUT2D eigenvalue weighted by Gasteiger charge is -2.28. The molecule has 5 nitrogen and oxygen atoms in total. The fraction of sp³-hybridized carbons (Fsp3) is 0.833. The van der Waals surface area contributed by atoms with Gasteiger partial charge < -0.3 is 14.3 Å². The monoisotopic (exact) mass is 412 g/mol. The van der Waals surface area contributed by atoms with Crippen LogP contribution in [0.15, 0.2) is 12.2 Å². The quantitative estimate of drug-likeness (QED) is 0.127. The van der Waals surface area contributed by atoms with Gasteiger partial charge in [-0.15, -0.1) is 0 Å². The minimum Gasteiger partial charge on any atom is -0.481 e. The van der Waals surface area contributed by atoms with Gasteiger partial charge in [0.25, 0.3) is 0 Å². The number of carbonyl (C=O) groups excluding carboxylic acids is 1. The third-order valence-electron chi connectivity index (χ3n) is 4.84. The van der Waals surface area contributed by atoms with Gasteiger partial charge in [-0.1, -0.05) is 64.0 Å². The highest BCUT2D eigenvalue weighted by atomic mass is 16.5. The summed E-state index contributed by atoms with van der Waals surface area (Å²) >= 11 is 0. The van der Waals surface area contributed by atoms with Crippen LogP contribution < -0.4 is 0 Å². The Morgan fingerprint density at radius 2 is 1.38 bits per heavy atom. The van der Waals surface area contributed by atoms with Gasteiger partial charge in [0.2, 0.25) is 0 Å². The van der Waals surface area contributed by atoms with Crippen LogP contribution in [-0.4, -0.2) is 55.3 Å². The molecule has 0 amide bonds. The van der Waals surface area contributed by atoms with Crippen molar-refractivity contribution < 1.29 is 23.9 Å². The van der Waals surface area contributed by atoms with Crippen LogP contribution in [0.4, 0.5) is 0 Å². The lowest BCUT2D eigenvalue weighted by molar-refractivity contribution is -0.873. The Labute approximate surface area is 179 Å². The van der Waals surface area contributed by atoms with Crippen molar-refractivity contribution in [3.8, 4) is 0 Å². The molecule has 0 aromatic carbocycles. The molecule has 0 spiro atoms. The number of carbonyl (C=O) groups is 2. The van der Waals surface area contributed by atoms with Crippen molar-refractivity contribution in [2.45, 2.75) is 103 Å². The molecule has 0 rings (SSSR count). The van der Waals surface area contributed by atoms with Crippen LogP contribution in [0.5, 0.6) is 0 Å². The molecule has 170 valence electrons. The number of esters is 1. The van der Waals surface area contributed by atoms with Gasteiger partial charge >= 0.3 is 11.9 Å². The zero-order valence-electron chi connectivity index (χ0n) is 19.5. The first-order chi connectivity index (χ1) is 13.7. The fourth-order valence-corrected chi connectivity index (χ4v) is 3.36. The van der Waals surface area contributed by atoms with Crippen LogP contribution in [0.3, 0.4) is 0 Å². The topological polar surface area (TPSA) is 63.6 Å². The average Bonchev–Trinajstić information content (AvgIpc) is 2.60. The predicted molar refractivity (Wildman–Crippen MR) is 120 cm³/mol. The number of carboxylic acid groups (broad SMARTS) is 1. The van der Waals surface area contributed by atoms with Gasteiger partial charge in [0.15, 0.2) is 6.10 Å². The van der Waals surface area contributed by atoms with Gasteiger partial charge in [0.05, 0.1) is 27.6 Å². The first-order valence-electron chi connectivity index (χ1n) is 11.6. The van der Waals surface area contributed by atoms with E-state index in [0.717, 1.165) is 25.7 Å². The van der Waals surface area contributed by atoms with E-state index in [1.807, 2.05) is 21.1 Å². The number of likely N-dealkylation sites (N-methyl/N-ethyl adjacent to an activating group) is 1. The summed E-state index contributed by atoms with van der Waals surface area (Å²) in [5.41, 5.74) is 0. The first-order valence-corrected chi connectivity index (χ1v) is 11.6. The van der Waals surface area contributed by atoms with Crippen LogP contribution in [0.25, 0.3) is 0 Å². The largest absolute Gasteiger partial charge is 0.481 e. The Kier molecular flexibility index (Phi) is 16.7. The third kappa shape index (κ3) is 21.2. The molecule has 29 heavy (non-hydrogen) atoms. The Morgan fingerprint density at radius 3 is 1.90 bits per heavy atom. The summed E-state index contributed by atoms with van der Waals surface area (Å²) in [6, 6.07) is 0. The van der Waals surface area contributed by atoms with E-state index in [9.17, 15) is 9.59 Å². The van der Waals surface area contributed by atoms with E-state index in [-0.39, 0.29) is 12.4 Å². The van der Waals surface area contributed by atoms with Gasteiger partial charge in [-0.05, 0) is 32.1 Å². The fourth-order valence-electron chi connectivity index (χ4n) is 3.36. The normalized spacial score (nSPS) is 13.0. The number of carboxylic acids is 1. The van der Waals surface area contributed by atoms with E-state index in [4.69, 9.17) is 9.84 Å². The molecule has 1 unspecified atom stereocenters. The van der Waals surface area contributed by atoms with E-state index in [1.165, 1.54) is 51.4 Å². The molecular weight excluding hydrogens is 366 g/mol. The molecule has 5 heteroatoms. The highest BCUT2D eigenvalue weighted by Crippen LogP contribution is 2.11. The van der Waals surface area contributed by atoms with Crippen molar-refractivity contribution in [1.29, 1.82) is 0 Å². The number of hydrogen-bond acceptors (Lipinski definition) is 3. The molecule has 1 N–H and O–H groups in total. The molecule has 0 aromatic rings. The zero-order chi connectivity index (χ0) is 22.0. The number of ether oxygens (including phenoxy) is 1. The van der Waals surface area contributed by atoms with Gasteiger partial charge in [0.1, 0.15) is 6.54 Å². The summed E-state index contributed by atoms with van der Waals surface area (Å²) < 4.78 is 5.97. The SMILES string of the molecule is CCCCCCC/C=C/CCCCCCCC(=O)OC(CC(=O)O)C[N+](C)(C)C. The second-order valence-corrected chi connectivity index (χ2v) is 9.16. The molecular formula is C24H46NO4+. The summed E-state index contributed by atoms with van der Waals surface area (Å²) in [5.74, 6) is -1.20. The number of hydrogen-bond donors (Lipinski definition) is 1. The first kappa shape index (κ1) is 27.6. The number of nitrogens with zero attached hydrogens (tertiary/aromatic N) is 1. The maximum Gasteiger partial charge on any atom is 0.307 e. The third-order valence-corrected chi connectivity index (χ3v) is 4.84. The summed E-state index contributed by atoms with van der Waals surface area (Å²) in [7, 11) is 5.89. The van der Waals surface area contributed by atoms with Crippen LogP contribution in [0.2, 0.25) is 0 Å². The molecule has 0 aliphatic rings. The zero-order valence-corrected chi connectivity index (χ0v) is 19.5. The van der Waals surface area contributed by atoms with Crippen LogP contribution in [0, 0.1) is 0 Å². The van der Waals surface area contributed by atoms with Gasteiger partial charge in [-0.3, -0.25) is 9.59 Å². The lowest BCUT2D eigenvalue weighted by Crippen LogP contribution is -2.43. The predicted octanol–water partition coefficient (Wildman–Crippen LogP) is 5.73. The van der Waals surface area contributed by atoms with Gasteiger partial charge in [-0.25, -0.2) is 0 Å². The molecule has 1 atom stereocenters. The Balaban J connectivity index is 3.68. The number of unbranched alkanes of at least 4 members (excludes halogenated alkanes) is 10. The highest BCUT2D eigenvalue weighted by molar-refractivity contribution is 5.71. The minimum atomic E-state index is -0.929. The summed E-state index contributed by atoms with van der Waals surface area (Å²) in [5, 5.41) is 9.00. The van der Waals surface area contributed by atoms with Crippen molar-refractivity contribution in [3.05, 3.63) is 12.2 Å². The van der Waals surface area contributed by atoms with E-state index < -0.39 is 12.1 Å². The Morgan fingerprint density at radius 1 is 0.862 bits per heavy atom. The number of quaternary nitrogens is 1. The number of rotatable bonds is 19. The standard InChI is InChI=1S/C24H45NO4/c1-5-6-7-8-9-10-11-12-13-14-15-16-17-18-19-24(28)29-22(20-23(26)27)21-25(2,3)4/h11-12,22H,5-10,13-21H2,1-4H3/p+1/b12-11+. The maximum atomic E-state index is 12.0. The second-order valence-electron chi connectivity index (χ2n) is 9.16. The molecule has 0 saturated carbocycles. The van der Waals surface area contributed by atoms with Crippen molar-refractivity contribution in [3.63, 3.8) is 0 Å². The van der Waals surface area contributed by atoms with Gasteiger partial charge in [-0.2, -0.15) is 0 Å². The summed E-state index contributed by atoms with van der Waals surface area (Å²) in [6.07, 6.45) is 18.8. The molecule has 0 bridgehead atoms. The minimum absolute atomic E-state index is 0.131. The van der Waals surface area contributed by atoms with E-state index in [0.29, 0.717) is 17.4 Å². The van der Waals surface area contributed by atoms with E-state index in [2.05, 4.69) is 19.1 Å². The average molecular weight is 413 g/mol. The van der Waals surface area contributed by atoms with Crippen LogP contribution in [0.1, 0.15) is 96.8 Å². The lowest BCUT2D eigenvalue weighted by atomic mass is 10.1. The highest BCUT2D eigenvalue weighted by Gasteiger charge is 2.24. The molecule has 0 aliphatic heterocycles. The summed E-state index contributed by atoms with van der Waals surface area (Å²) in [6.45, 7) is 2.75. The van der Waals surface area contributed by atoms with Crippen molar-refractivity contribution >= 4 is 11.9 Å². The van der Waals surface area contributed by atoms with E-state index in [1.54, 1.807) is 0 Å². The Bertz CT molecular complexity index is 454. The molecule has 0 aliphatic carbocycles.